The van der Waals surface area contributed by atoms with E-state index in [0.717, 1.165) is 109 Å². The summed E-state index contributed by atoms with van der Waals surface area (Å²) in [6, 6.07) is 3.97. The predicted molar refractivity (Wildman–Crippen MR) is 221 cm³/mol. The molecular formula is C35H80N2O14Si4. The molecule has 0 amide bonds. The van der Waals surface area contributed by atoms with Gasteiger partial charge in [-0.1, -0.05) is 0 Å². The number of epoxide rings is 3. The Balaban J connectivity index is 0.000000369. The maximum atomic E-state index is 5.54. The van der Waals surface area contributed by atoms with Crippen molar-refractivity contribution in [2.45, 2.75) is 100 Å². The average Bonchev–Trinajstić information content (AvgIpc) is 4.08. The van der Waals surface area contributed by atoms with Crippen molar-refractivity contribution in [2.75, 3.05) is 123 Å². The molecule has 3 heterocycles. The highest BCUT2D eigenvalue weighted by atomic mass is 28.4. The lowest BCUT2D eigenvalue weighted by Crippen LogP contribution is -2.43. The summed E-state index contributed by atoms with van der Waals surface area (Å²) in [6.45, 7) is 9.45. The molecule has 1 saturated carbocycles. The smallest absolute Gasteiger partial charge is 0.400 e. The highest BCUT2D eigenvalue weighted by molar-refractivity contribution is 6.65. The van der Waals surface area contributed by atoms with Gasteiger partial charge in [0.25, 0.3) is 0 Å². The van der Waals surface area contributed by atoms with Crippen molar-refractivity contribution in [1.82, 2.24) is 5.32 Å². The van der Waals surface area contributed by atoms with Crippen molar-refractivity contribution in [3.05, 3.63) is 0 Å². The van der Waals surface area contributed by atoms with Crippen molar-refractivity contribution < 1.29 is 63.5 Å². The van der Waals surface area contributed by atoms with Gasteiger partial charge < -0.3 is 74.6 Å². The zero-order valence-corrected chi connectivity index (χ0v) is 40.3. The van der Waals surface area contributed by atoms with Gasteiger partial charge >= 0.3 is 35.9 Å². The highest BCUT2D eigenvalue weighted by Gasteiger charge is 2.45. The van der Waals surface area contributed by atoms with Crippen LogP contribution in [0.25, 0.3) is 0 Å². The molecule has 1 aliphatic carbocycles. The highest BCUT2D eigenvalue weighted by Crippen LogP contribution is 2.41. The minimum atomic E-state index is -2.35. The van der Waals surface area contributed by atoms with E-state index in [9.17, 15) is 0 Å². The van der Waals surface area contributed by atoms with Crippen LogP contribution >= 0.6 is 0 Å². The second-order valence-corrected chi connectivity index (χ2v) is 25.5. The van der Waals surface area contributed by atoms with Crippen LogP contribution in [0.3, 0.4) is 0 Å². The van der Waals surface area contributed by atoms with Gasteiger partial charge in [0.2, 0.25) is 0 Å². The van der Waals surface area contributed by atoms with Crippen LogP contribution in [0.4, 0.5) is 0 Å². The summed E-state index contributed by atoms with van der Waals surface area (Å²) in [7, 11) is 8.43. The number of nitrogens with one attached hydrogen (secondary N) is 1. The minimum Gasteiger partial charge on any atom is -0.400 e. The summed E-state index contributed by atoms with van der Waals surface area (Å²) in [6.07, 6.45) is 9.88. The van der Waals surface area contributed by atoms with E-state index in [1.54, 1.807) is 64.0 Å². The number of rotatable bonds is 30. The number of fused-ring (bicyclic) bond motifs is 1. The summed E-state index contributed by atoms with van der Waals surface area (Å²) in [5.41, 5.74) is 5.35. The quantitative estimate of drug-likeness (QED) is 0.0612. The average molecular weight is 865 g/mol. The zero-order chi connectivity index (χ0) is 40.8. The molecule has 55 heavy (non-hydrogen) atoms. The number of nitrogens with two attached hydrogens (primary N) is 1. The van der Waals surface area contributed by atoms with E-state index >= 15 is 0 Å². The summed E-state index contributed by atoms with van der Waals surface area (Å²) >= 11 is 0. The molecule has 20 heteroatoms. The topological polar surface area (TPSA) is 177 Å². The van der Waals surface area contributed by atoms with E-state index in [0.29, 0.717) is 31.0 Å². The fraction of sp³-hybridized carbons (Fsp3) is 1.00. The Morgan fingerprint density at radius 2 is 1.16 bits per heavy atom. The van der Waals surface area contributed by atoms with Gasteiger partial charge in [-0.3, -0.25) is 0 Å². The van der Waals surface area contributed by atoms with Gasteiger partial charge in [0.15, 0.2) is 0 Å². The summed E-state index contributed by atoms with van der Waals surface area (Å²) < 4.78 is 74.0. The molecule has 0 spiro atoms. The first-order valence-corrected chi connectivity index (χ1v) is 27.9. The maximum Gasteiger partial charge on any atom is 0.500 e. The molecule has 3 aliphatic heterocycles. The van der Waals surface area contributed by atoms with Gasteiger partial charge in [-0.2, -0.15) is 0 Å². The normalized spacial score (nSPS) is 22.5. The van der Waals surface area contributed by atoms with E-state index < -0.39 is 35.9 Å². The maximum absolute atomic E-state index is 5.54. The molecule has 5 unspecified atom stereocenters. The van der Waals surface area contributed by atoms with Crippen LogP contribution in [0.2, 0.25) is 30.7 Å². The first kappa shape index (κ1) is 53.2. The van der Waals surface area contributed by atoms with E-state index in [2.05, 4.69) is 11.9 Å². The van der Waals surface area contributed by atoms with Crippen molar-refractivity contribution >= 4 is 35.9 Å². The molecule has 0 bridgehead atoms. The largest absolute Gasteiger partial charge is 0.500 e. The molecule has 4 rings (SSSR count). The van der Waals surface area contributed by atoms with E-state index in [4.69, 9.17) is 69.3 Å². The molecule has 4 fully saturated rings. The number of hydrogen-bond acceptors (Lipinski definition) is 16. The standard InChI is InChI=1S/C11H22O4Si.C8H22N2O2Si.2C8H18O4Si/c1-12-16(13-2,14-3)7-6-9-4-5-10-11(8-9)15-10;1-11-13(3,12-2)8-4-6-10-7-5-9;2*1-9-13(10-2)5-3-4-11-6-8-7-12-8/h9-11H,4-8H2,1-3H3;10H,4-9H2,1-3H3;2*8,13H,3-7H2,1-2H3. The summed E-state index contributed by atoms with van der Waals surface area (Å²) in [5, 5.41) is 3.24. The van der Waals surface area contributed by atoms with Gasteiger partial charge in [-0.05, 0) is 82.1 Å². The molecule has 3 N–H and O–H groups in total. The van der Waals surface area contributed by atoms with Crippen molar-refractivity contribution in [1.29, 1.82) is 0 Å². The van der Waals surface area contributed by atoms with Crippen LogP contribution in [0, 0.1) is 5.92 Å². The van der Waals surface area contributed by atoms with Crippen molar-refractivity contribution in [3.63, 3.8) is 0 Å². The Morgan fingerprint density at radius 1 is 0.655 bits per heavy atom. The van der Waals surface area contributed by atoms with Crippen LogP contribution in [0.15, 0.2) is 0 Å². The number of hydrogen-bond donors (Lipinski definition) is 2. The molecule has 0 radical (unpaired) electrons. The molecule has 3 saturated heterocycles. The SMILES string of the molecule is CO[SiH](CCCOCC1CO1)OC.CO[SiH](CCCOCC1CO1)OC.CO[Si](C)(CCCNCCN)OC.CO[Si](CCC1CCC2OC2C1)(OC)OC. The minimum absolute atomic E-state index is 0.373. The van der Waals surface area contributed by atoms with Crippen LogP contribution < -0.4 is 11.1 Å². The molecule has 4 aliphatic rings. The zero-order valence-electron chi connectivity index (χ0n) is 36.0. The molecule has 0 aromatic rings. The number of ether oxygens (including phenoxy) is 5. The molecule has 5 atom stereocenters. The third-order valence-electron chi connectivity index (χ3n) is 9.99. The summed E-state index contributed by atoms with van der Waals surface area (Å²) in [4.78, 5) is 0. The van der Waals surface area contributed by atoms with Crippen molar-refractivity contribution in [2.24, 2.45) is 11.7 Å². The van der Waals surface area contributed by atoms with E-state index in [-0.39, 0.29) is 0 Å². The molecule has 330 valence electrons. The lowest BCUT2D eigenvalue weighted by Gasteiger charge is -2.27. The summed E-state index contributed by atoms with van der Waals surface area (Å²) in [5.74, 6) is 0.760. The monoisotopic (exact) mass is 864 g/mol. The van der Waals surface area contributed by atoms with Gasteiger partial charge in [-0.15, -0.1) is 0 Å². The second kappa shape index (κ2) is 33.0. The van der Waals surface area contributed by atoms with Gasteiger partial charge in [0.1, 0.15) is 12.2 Å². The molecule has 0 aromatic carbocycles. The van der Waals surface area contributed by atoms with Crippen LogP contribution in [-0.4, -0.2) is 184 Å². The van der Waals surface area contributed by atoms with Crippen LogP contribution in [0.5, 0.6) is 0 Å². The van der Waals surface area contributed by atoms with Gasteiger partial charge in [0.05, 0.1) is 38.6 Å². The lowest BCUT2D eigenvalue weighted by atomic mass is 9.88. The third kappa shape index (κ3) is 26.8. The Bertz CT molecular complexity index is 837. The Kier molecular flexibility index (Phi) is 32.0. The Hall–Kier alpha value is 0.228. The molecule has 16 nitrogen and oxygen atoms in total. The Morgan fingerprint density at radius 3 is 1.56 bits per heavy atom. The van der Waals surface area contributed by atoms with Gasteiger partial charge in [-0.25, -0.2) is 0 Å². The fourth-order valence-electron chi connectivity index (χ4n) is 5.86. The predicted octanol–water partition coefficient (Wildman–Crippen LogP) is 2.72. The van der Waals surface area contributed by atoms with E-state index in [1.807, 2.05) is 0 Å². The van der Waals surface area contributed by atoms with Gasteiger partial charge in [0, 0.05) is 96.3 Å². The van der Waals surface area contributed by atoms with Crippen molar-refractivity contribution in [3.8, 4) is 0 Å². The van der Waals surface area contributed by atoms with Crippen LogP contribution in [0.1, 0.15) is 44.9 Å². The molecule has 0 aromatic heterocycles. The first-order valence-electron chi connectivity index (χ1n) is 20.0. The third-order valence-corrected chi connectivity index (χ3v) is 19.6. The molecular weight excluding hydrogens is 785 g/mol. The van der Waals surface area contributed by atoms with Crippen LogP contribution in [-0.2, 0) is 63.5 Å². The second-order valence-electron chi connectivity index (χ2n) is 14.1. The Labute approximate surface area is 338 Å². The first-order chi connectivity index (χ1) is 26.6. The lowest BCUT2D eigenvalue weighted by molar-refractivity contribution is 0.115. The fourth-order valence-corrected chi connectivity index (χ4v) is 11.5. The van der Waals surface area contributed by atoms with E-state index in [1.165, 1.54) is 19.3 Å².